The van der Waals surface area contributed by atoms with Gasteiger partial charge in [-0.25, -0.2) is 0 Å². The Labute approximate surface area is 139 Å². The van der Waals surface area contributed by atoms with Crippen LogP contribution in [-0.2, 0) is 11.2 Å². The monoisotopic (exact) mass is 321 g/mol. The quantitative estimate of drug-likeness (QED) is 0.478. The second-order valence-corrected chi connectivity index (χ2v) is 6.19. The Bertz CT molecular complexity index is 431. The third kappa shape index (κ3) is 9.24. The number of rotatable bonds is 13. The van der Waals surface area contributed by atoms with Crippen LogP contribution < -0.4 is 5.32 Å². The maximum Gasteiger partial charge on any atom is 0.321 e. The van der Waals surface area contributed by atoms with Crippen molar-refractivity contribution < 1.29 is 15.0 Å². The van der Waals surface area contributed by atoms with Gasteiger partial charge in [0, 0.05) is 0 Å². The maximum atomic E-state index is 11.3. The second kappa shape index (κ2) is 11.9. The van der Waals surface area contributed by atoms with Crippen molar-refractivity contribution in [3.8, 4) is 5.75 Å². The van der Waals surface area contributed by atoms with E-state index in [2.05, 4.69) is 12.2 Å². The van der Waals surface area contributed by atoms with Gasteiger partial charge >= 0.3 is 5.97 Å². The zero-order chi connectivity index (χ0) is 16.9. The predicted molar refractivity (Wildman–Crippen MR) is 93.8 cm³/mol. The van der Waals surface area contributed by atoms with Crippen LogP contribution in [0.2, 0.25) is 0 Å². The van der Waals surface area contributed by atoms with Crippen LogP contribution in [0.5, 0.6) is 5.75 Å². The summed E-state index contributed by atoms with van der Waals surface area (Å²) in [5, 5.41) is 21.7. The zero-order valence-electron chi connectivity index (χ0n) is 14.3. The zero-order valence-corrected chi connectivity index (χ0v) is 14.3. The minimum Gasteiger partial charge on any atom is -0.508 e. The number of carboxylic acid groups (broad SMARTS) is 1. The molecule has 1 atom stereocenters. The summed E-state index contributed by atoms with van der Waals surface area (Å²) in [6.07, 6.45) is 10.4. The number of hydrogen-bond acceptors (Lipinski definition) is 3. The van der Waals surface area contributed by atoms with E-state index >= 15 is 0 Å². The number of phenolic OH excluding ortho intramolecular Hbond substituents is 1. The number of nitrogens with one attached hydrogen (secondary N) is 1. The minimum absolute atomic E-state index is 0.201. The van der Waals surface area contributed by atoms with Gasteiger partial charge < -0.3 is 15.5 Å². The number of benzene rings is 1. The average Bonchev–Trinajstić information content (AvgIpc) is 2.54. The van der Waals surface area contributed by atoms with Gasteiger partial charge in [-0.15, -0.1) is 0 Å². The predicted octanol–water partition coefficient (Wildman–Crippen LogP) is 4.12. The van der Waals surface area contributed by atoms with Gasteiger partial charge in [-0.1, -0.05) is 64.0 Å². The Morgan fingerprint density at radius 2 is 1.57 bits per heavy atom. The molecule has 0 saturated carbocycles. The molecule has 0 radical (unpaired) electrons. The lowest BCUT2D eigenvalue weighted by Gasteiger charge is -2.14. The van der Waals surface area contributed by atoms with E-state index in [1.165, 1.54) is 38.5 Å². The fourth-order valence-corrected chi connectivity index (χ4v) is 2.65. The molecule has 0 unspecified atom stereocenters. The number of unbranched alkanes of at least 4 members (excludes halogenated alkanes) is 7. The van der Waals surface area contributed by atoms with Crippen molar-refractivity contribution in [3.05, 3.63) is 29.8 Å². The van der Waals surface area contributed by atoms with Crippen molar-refractivity contribution in [2.75, 3.05) is 6.54 Å². The van der Waals surface area contributed by atoms with Gasteiger partial charge in [-0.05, 0) is 37.1 Å². The number of aliphatic carboxylic acids is 1. The SMILES string of the molecule is CCCCCCCCCCN[C@@H](Cc1ccc(O)cc1)C(=O)O. The lowest BCUT2D eigenvalue weighted by atomic mass is 10.1. The molecular formula is C19H31NO3. The number of phenols is 1. The molecule has 0 bridgehead atoms. The van der Waals surface area contributed by atoms with Gasteiger partial charge in [0.15, 0.2) is 0 Å². The first kappa shape index (κ1) is 19.5. The first-order valence-corrected chi connectivity index (χ1v) is 8.87. The van der Waals surface area contributed by atoms with Crippen LogP contribution in [0.15, 0.2) is 24.3 Å². The molecule has 130 valence electrons. The van der Waals surface area contributed by atoms with Crippen molar-refractivity contribution in [1.29, 1.82) is 0 Å². The first-order valence-electron chi connectivity index (χ1n) is 8.87. The van der Waals surface area contributed by atoms with E-state index in [9.17, 15) is 15.0 Å². The van der Waals surface area contributed by atoms with E-state index in [4.69, 9.17) is 0 Å². The number of hydrogen-bond donors (Lipinski definition) is 3. The van der Waals surface area contributed by atoms with Crippen LogP contribution in [0.3, 0.4) is 0 Å². The van der Waals surface area contributed by atoms with E-state index < -0.39 is 12.0 Å². The molecule has 0 saturated heterocycles. The lowest BCUT2D eigenvalue weighted by molar-refractivity contribution is -0.139. The highest BCUT2D eigenvalue weighted by atomic mass is 16.4. The molecule has 1 rings (SSSR count). The molecule has 4 heteroatoms. The molecule has 0 aliphatic carbocycles. The maximum absolute atomic E-state index is 11.3. The Morgan fingerprint density at radius 3 is 2.13 bits per heavy atom. The number of carboxylic acids is 1. The summed E-state index contributed by atoms with van der Waals surface area (Å²) in [7, 11) is 0. The Hall–Kier alpha value is -1.55. The largest absolute Gasteiger partial charge is 0.508 e. The number of carbonyl (C=O) groups is 1. The highest BCUT2D eigenvalue weighted by Gasteiger charge is 2.16. The van der Waals surface area contributed by atoms with Crippen molar-refractivity contribution in [2.45, 2.75) is 70.8 Å². The molecule has 3 N–H and O–H groups in total. The summed E-state index contributed by atoms with van der Waals surface area (Å²) >= 11 is 0. The van der Waals surface area contributed by atoms with E-state index in [1.54, 1.807) is 24.3 Å². The van der Waals surface area contributed by atoms with Crippen LogP contribution in [-0.4, -0.2) is 28.8 Å². The average molecular weight is 321 g/mol. The van der Waals surface area contributed by atoms with Gasteiger partial charge in [-0.2, -0.15) is 0 Å². The fraction of sp³-hybridized carbons (Fsp3) is 0.632. The van der Waals surface area contributed by atoms with Crippen molar-refractivity contribution in [3.63, 3.8) is 0 Å². The normalized spacial score (nSPS) is 12.2. The third-order valence-corrected chi connectivity index (χ3v) is 4.10. The molecule has 0 amide bonds. The van der Waals surface area contributed by atoms with E-state index in [0.29, 0.717) is 6.42 Å². The van der Waals surface area contributed by atoms with Crippen LogP contribution in [0, 0.1) is 0 Å². The molecule has 0 heterocycles. The second-order valence-electron chi connectivity index (χ2n) is 6.19. The van der Waals surface area contributed by atoms with Crippen molar-refractivity contribution in [2.24, 2.45) is 0 Å². The van der Waals surface area contributed by atoms with Gasteiger partial charge in [0.05, 0.1) is 0 Å². The van der Waals surface area contributed by atoms with Crippen LogP contribution >= 0.6 is 0 Å². The minimum atomic E-state index is -0.822. The molecule has 23 heavy (non-hydrogen) atoms. The molecule has 0 spiro atoms. The lowest BCUT2D eigenvalue weighted by Crippen LogP contribution is -2.39. The Morgan fingerprint density at radius 1 is 1.00 bits per heavy atom. The standard InChI is InChI=1S/C19H31NO3/c1-2-3-4-5-6-7-8-9-14-20-18(19(22)23)15-16-10-12-17(21)13-11-16/h10-13,18,20-21H,2-9,14-15H2,1H3,(H,22,23)/t18-/m0/s1. The van der Waals surface area contributed by atoms with Crippen LogP contribution in [0.4, 0.5) is 0 Å². The van der Waals surface area contributed by atoms with Gasteiger partial charge in [0.1, 0.15) is 11.8 Å². The van der Waals surface area contributed by atoms with E-state index in [0.717, 1.165) is 24.9 Å². The topological polar surface area (TPSA) is 69.6 Å². The van der Waals surface area contributed by atoms with Gasteiger partial charge in [-0.3, -0.25) is 4.79 Å². The number of aromatic hydroxyl groups is 1. The molecular weight excluding hydrogens is 290 g/mol. The first-order chi connectivity index (χ1) is 11.1. The summed E-state index contributed by atoms with van der Waals surface area (Å²) < 4.78 is 0. The Kier molecular flexibility index (Phi) is 10.1. The smallest absolute Gasteiger partial charge is 0.321 e. The van der Waals surface area contributed by atoms with Crippen LogP contribution in [0.25, 0.3) is 0 Å². The van der Waals surface area contributed by atoms with Gasteiger partial charge in [0.25, 0.3) is 0 Å². The molecule has 4 nitrogen and oxygen atoms in total. The molecule has 1 aromatic carbocycles. The molecule has 1 aromatic rings. The van der Waals surface area contributed by atoms with Crippen molar-refractivity contribution in [1.82, 2.24) is 5.32 Å². The molecule has 0 fully saturated rings. The van der Waals surface area contributed by atoms with Gasteiger partial charge in [0.2, 0.25) is 0 Å². The highest BCUT2D eigenvalue weighted by Crippen LogP contribution is 2.12. The molecule has 0 aromatic heterocycles. The molecule has 0 aliphatic rings. The summed E-state index contributed by atoms with van der Waals surface area (Å²) in [6.45, 7) is 2.96. The summed E-state index contributed by atoms with van der Waals surface area (Å²) in [5.74, 6) is -0.620. The van der Waals surface area contributed by atoms with Crippen LogP contribution in [0.1, 0.15) is 63.9 Å². The van der Waals surface area contributed by atoms with Crippen molar-refractivity contribution >= 4 is 5.97 Å². The summed E-state index contributed by atoms with van der Waals surface area (Å²) in [4.78, 5) is 11.3. The Balaban J connectivity index is 2.16. The molecule has 0 aliphatic heterocycles. The summed E-state index contributed by atoms with van der Waals surface area (Å²) in [5.41, 5.74) is 0.915. The highest BCUT2D eigenvalue weighted by molar-refractivity contribution is 5.73. The third-order valence-electron chi connectivity index (χ3n) is 4.10. The summed E-state index contributed by atoms with van der Waals surface area (Å²) in [6, 6.07) is 6.15. The van der Waals surface area contributed by atoms with E-state index in [1.807, 2.05) is 0 Å². The van der Waals surface area contributed by atoms with E-state index in [-0.39, 0.29) is 5.75 Å². The fourth-order valence-electron chi connectivity index (χ4n) is 2.65.